The Hall–Kier alpha value is -5.76. The van der Waals surface area contributed by atoms with Crippen molar-refractivity contribution in [3.05, 3.63) is 91.7 Å². The van der Waals surface area contributed by atoms with Gasteiger partial charge in [-0.25, -0.2) is 4.79 Å². The number of nitrogens with two attached hydrogens (primary N) is 1. The standard InChI is InChI=1S/C20H29N3O3.C12H10N4O4.C11H23NO2/c21-23-22-16-17-12-14-18(15-13-17)19(24)10-8-6-4-2-1-3-5-7-9-11-20(25)26;13-15-14-7-8-1-3-9(4-2-8)12(19)20-16-10(17)5-6-11(16)18;12-10-8-6-4-2-1-3-5-7-9-11(13)14/h12-15H,1-11,16H2,(H,25,26);1-4H,5-7H2;1-10,12H2,(H,13,14). The largest absolute Gasteiger partial charge is 0.481 e. The molecule has 328 valence electrons. The molecule has 2 aromatic rings. The summed E-state index contributed by atoms with van der Waals surface area (Å²) in [5, 5.41) is 24.3. The van der Waals surface area contributed by atoms with Crippen LogP contribution in [0.4, 0.5) is 0 Å². The second-order valence-corrected chi connectivity index (χ2v) is 14.4. The van der Waals surface area contributed by atoms with Crippen molar-refractivity contribution in [2.24, 2.45) is 16.0 Å². The molecule has 2 amide bonds. The van der Waals surface area contributed by atoms with Gasteiger partial charge in [0.05, 0.1) is 18.7 Å². The fourth-order valence-corrected chi connectivity index (χ4v) is 5.99. The van der Waals surface area contributed by atoms with Crippen LogP contribution in [0.1, 0.15) is 173 Å². The van der Waals surface area contributed by atoms with E-state index in [1.165, 1.54) is 63.5 Å². The van der Waals surface area contributed by atoms with Gasteiger partial charge >= 0.3 is 17.9 Å². The van der Waals surface area contributed by atoms with Crippen LogP contribution in [-0.4, -0.2) is 57.3 Å². The molecule has 0 bridgehead atoms. The lowest BCUT2D eigenvalue weighted by molar-refractivity contribution is -0.172. The third-order valence-electron chi connectivity index (χ3n) is 9.42. The summed E-state index contributed by atoms with van der Waals surface area (Å²) >= 11 is 0. The van der Waals surface area contributed by atoms with Crippen LogP contribution >= 0.6 is 0 Å². The van der Waals surface area contributed by atoms with E-state index in [0.29, 0.717) is 24.4 Å². The molecular weight excluding hydrogens is 773 g/mol. The number of hydroxylamine groups is 2. The minimum absolute atomic E-state index is 0.0528. The monoisotopic (exact) mass is 834 g/mol. The Balaban J connectivity index is 0.000000472. The summed E-state index contributed by atoms with van der Waals surface area (Å²) < 4.78 is 0. The predicted molar refractivity (Wildman–Crippen MR) is 226 cm³/mol. The van der Waals surface area contributed by atoms with E-state index in [-0.39, 0.29) is 37.2 Å². The van der Waals surface area contributed by atoms with Crippen LogP contribution in [0.3, 0.4) is 0 Å². The molecule has 0 atom stereocenters. The van der Waals surface area contributed by atoms with Crippen molar-refractivity contribution in [2.75, 3.05) is 6.54 Å². The molecule has 17 heteroatoms. The Labute approximate surface area is 352 Å². The number of azide groups is 2. The number of hydrogen-bond donors (Lipinski definition) is 3. The molecule has 1 aliphatic heterocycles. The Bertz CT molecular complexity index is 1670. The van der Waals surface area contributed by atoms with E-state index in [1.54, 1.807) is 24.3 Å². The Morgan fingerprint density at radius 1 is 0.567 bits per heavy atom. The molecule has 1 fully saturated rings. The van der Waals surface area contributed by atoms with Gasteiger partial charge in [0.2, 0.25) is 0 Å². The van der Waals surface area contributed by atoms with E-state index in [0.717, 1.165) is 81.0 Å². The Morgan fingerprint density at radius 3 is 1.28 bits per heavy atom. The van der Waals surface area contributed by atoms with Crippen molar-refractivity contribution < 1.29 is 43.8 Å². The first-order chi connectivity index (χ1) is 29.0. The van der Waals surface area contributed by atoms with E-state index < -0.39 is 29.7 Å². The molecule has 0 aliphatic carbocycles. The third-order valence-corrected chi connectivity index (χ3v) is 9.42. The molecule has 3 rings (SSSR count). The van der Waals surface area contributed by atoms with Gasteiger partial charge < -0.3 is 20.8 Å². The van der Waals surface area contributed by atoms with Gasteiger partial charge in [-0.05, 0) is 66.5 Å². The van der Waals surface area contributed by atoms with Gasteiger partial charge in [0, 0.05) is 47.5 Å². The van der Waals surface area contributed by atoms with Gasteiger partial charge in [-0.2, -0.15) is 0 Å². The van der Waals surface area contributed by atoms with E-state index >= 15 is 0 Å². The van der Waals surface area contributed by atoms with Gasteiger partial charge in [0.25, 0.3) is 11.8 Å². The quantitative estimate of drug-likeness (QED) is 0.0174. The van der Waals surface area contributed by atoms with Crippen LogP contribution in [0.25, 0.3) is 20.9 Å². The van der Waals surface area contributed by atoms with Gasteiger partial charge in [0.1, 0.15) is 0 Å². The van der Waals surface area contributed by atoms with E-state index in [9.17, 15) is 28.8 Å². The number of amides is 2. The van der Waals surface area contributed by atoms with Crippen molar-refractivity contribution in [3.8, 4) is 0 Å². The normalized spacial score (nSPS) is 11.6. The first kappa shape index (κ1) is 52.3. The van der Waals surface area contributed by atoms with Gasteiger partial charge in [0.15, 0.2) is 5.78 Å². The van der Waals surface area contributed by atoms with E-state index in [2.05, 4.69) is 20.1 Å². The van der Waals surface area contributed by atoms with E-state index in [4.69, 9.17) is 31.8 Å². The molecule has 0 aromatic heterocycles. The minimum atomic E-state index is -0.788. The number of unbranched alkanes of at least 4 members (excludes halogenated alkanes) is 15. The van der Waals surface area contributed by atoms with Crippen LogP contribution in [-0.2, 0) is 37.1 Å². The van der Waals surface area contributed by atoms with Gasteiger partial charge in [-0.1, -0.05) is 130 Å². The highest BCUT2D eigenvalue weighted by Crippen LogP contribution is 2.16. The number of rotatable bonds is 29. The molecule has 0 saturated carbocycles. The third kappa shape index (κ3) is 26.3. The SMILES string of the molecule is NCCCCCCCCCCC(=O)O.[N-]=[N+]=NCc1ccc(C(=O)CCCCCCCCCCCC(=O)O)cc1.[N-]=[N+]=NCc1ccc(C(=O)ON2C(=O)CCC2=O)cc1. The molecule has 17 nitrogen and oxygen atoms in total. The number of carboxylic acids is 2. The Morgan fingerprint density at radius 2 is 0.917 bits per heavy atom. The smallest absolute Gasteiger partial charge is 0.363 e. The van der Waals surface area contributed by atoms with Crippen LogP contribution in [0.2, 0.25) is 0 Å². The van der Waals surface area contributed by atoms with Crippen molar-refractivity contribution in [1.29, 1.82) is 0 Å². The molecule has 0 unspecified atom stereocenters. The van der Waals surface area contributed by atoms with Crippen LogP contribution in [0.5, 0.6) is 0 Å². The summed E-state index contributed by atoms with van der Waals surface area (Å²) in [4.78, 5) is 77.2. The number of benzene rings is 2. The summed E-state index contributed by atoms with van der Waals surface area (Å²) in [5.41, 5.74) is 24.4. The topological polar surface area (TPSA) is 279 Å². The van der Waals surface area contributed by atoms with E-state index in [1.807, 2.05) is 12.1 Å². The lowest BCUT2D eigenvalue weighted by Crippen LogP contribution is -2.32. The van der Waals surface area contributed by atoms with Crippen LogP contribution < -0.4 is 5.73 Å². The molecule has 60 heavy (non-hydrogen) atoms. The number of nitrogens with zero attached hydrogens (tertiary/aromatic N) is 7. The number of carbonyl (C=O) groups is 6. The first-order valence-corrected chi connectivity index (χ1v) is 21.0. The van der Waals surface area contributed by atoms with Crippen molar-refractivity contribution >= 4 is 35.5 Å². The summed E-state index contributed by atoms with van der Waals surface area (Å²) in [6.45, 7) is 1.29. The Kier molecular flexibility index (Phi) is 29.7. The number of Topliss-reactive ketones (excluding diaryl/α,β-unsaturated/α-hetero) is 1. The fourth-order valence-electron chi connectivity index (χ4n) is 5.99. The maximum atomic E-state index is 12.1. The molecular formula is C43H62N8O9. The maximum Gasteiger partial charge on any atom is 0.363 e. The zero-order chi connectivity index (χ0) is 44.2. The highest BCUT2D eigenvalue weighted by atomic mass is 16.7. The van der Waals surface area contributed by atoms with Gasteiger partial charge in [-0.15, -0.1) is 5.06 Å². The average Bonchev–Trinajstić information content (AvgIpc) is 3.56. The van der Waals surface area contributed by atoms with Crippen LogP contribution in [0.15, 0.2) is 58.8 Å². The number of aliphatic carboxylic acids is 2. The first-order valence-electron chi connectivity index (χ1n) is 21.0. The second-order valence-electron chi connectivity index (χ2n) is 14.4. The summed E-state index contributed by atoms with van der Waals surface area (Å²) in [6, 6.07) is 13.4. The summed E-state index contributed by atoms with van der Waals surface area (Å²) in [6.07, 6.45) is 20.1. The number of ketones is 1. The summed E-state index contributed by atoms with van der Waals surface area (Å²) in [7, 11) is 0. The highest BCUT2D eigenvalue weighted by molar-refractivity contribution is 6.02. The van der Waals surface area contributed by atoms with Crippen LogP contribution in [0, 0.1) is 0 Å². The molecule has 1 saturated heterocycles. The molecule has 1 heterocycles. The molecule has 2 aromatic carbocycles. The zero-order valence-corrected chi connectivity index (χ0v) is 34.8. The average molecular weight is 835 g/mol. The van der Waals surface area contributed by atoms with Crippen molar-refractivity contribution in [2.45, 2.75) is 154 Å². The number of carbonyl (C=O) groups excluding carboxylic acids is 4. The molecule has 0 radical (unpaired) electrons. The van der Waals surface area contributed by atoms with Crippen molar-refractivity contribution in [1.82, 2.24) is 5.06 Å². The number of imide groups is 1. The van der Waals surface area contributed by atoms with Gasteiger partial charge in [-0.3, -0.25) is 24.0 Å². The minimum Gasteiger partial charge on any atom is -0.481 e. The predicted octanol–water partition coefficient (Wildman–Crippen LogP) is 10.3. The van der Waals surface area contributed by atoms with Crippen molar-refractivity contribution in [3.63, 3.8) is 0 Å². The zero-order valence-electron chi connectivity index (χ0n) is 34.8. The second kappa shape index (κ2) is 34.1. The molecule has 1 aliphatic rings. The highest BCUT2D eigenvalue weighted by Gasteiger charge is 2.33. The lowest BCUT2D eigenvalue weighted by Gasteiger charge is -2.12. The lowest BCUT2D eigenvalue weighted by atomic mass is 10.0. The molecule has 4 N–H and O–H groups in total. The summed E-state index contributed by atoms with van der Waals surface area (Å²) in [5.74, 6) is -3.05. The molecule has 0 spiro atoms. The number of hydrogen-bond acceptors (Lipinski definition) is 10. The maximum absolute atomic E-state index is 12.1. The fraction of sp³-hybridized carbons (Fsp3) is 0.581. The number of carboxylic acid groups (broad SMARTS) is 2.